The highest BCUT2D eigenvalue weighted by Crippen LogP contribution is 2.33. The number of benzene rings is 1. The third-order valence-corrected chi connectivity index (χ3v) is 6.16. The maximum absolute atomic E-state index is 13.1. The van der Waals surface area contributed by atoms with Crippen molar-refractivity contribution in [1.82, 2.24) is 14.5 Å². The Morgan fingerprint density at radius 1 is 1.34 bits per heavy atom. The van der Waals surface area contributed by atoms with Crippen molar-refractivity contribution in [1.29, 1.82) is 0 Å². The Morgan fingerprint density at radius 3 is 2.72 bits per heavy atom. The lowest BCUT2D eigenvalue weighted by Crippen LogP contribution is -2.38. The van der Waals surface area contributed by atoms with Gasteiger partial charge in [-0.3, -0.25) is 14.9 Å². The lowest BCUT2D eigenvalue weighted by Gasteiger charge is -2.27. The van der Waals surface area contributed by atoms with Crippen LogP contribution in [0.1, 0.15) is 51.0 Å². The van der Waals surface area contributed by atoms with Gasteiger partial charge in [0.25, 0.3) is 5.91 Å². The first-order valence-electron chi connectivity index (χ1n) is 10.4. The highest BCUT2D eigenvalue weighted by Gasteiger charge is 2.26. The van der Waals surface area contributed by atoms with Gasteiger partial charge in [0.05, 0.1) is 31.0 Å². The van der Waals surface area contributed by atoms with Crippen LogP contribution < -0.4 is 15.8 Å². The number of carbonyl (C=O) groups is 2. The van der Waals surface area contributed by atoms with Gasteiger partial charge in [0.15, 0.2) is 0 Å². The molecule has 10 nitrogen and oxygen atoms in total. The molecule has 1 saturated heterocycles. The molecule has 170 valence electrons. The molecular formula is C21H25N5O5S. The van der Waals surface area contributed by atoms with E-state index in [1.54, 1.807) is 12.1 Å². The molecule has 4 rings (SSSR count). The fraction of sp³-hybridized carbons (Fsp3) is 0.429. The smallest absolute Gasteiger partial charge is 0.269 e. The number of anilines is 1. The Labute approximate surface area is 188 Å². The van der Waals surface area contributed by atoms with E-state index in [2.05, 4.69) is 15.3 Å². The van der Waals surface area contributed by atoms with Crippen molar-refractivity contribution in [2.24, 2.45) is 5.73 Å². The average Bonchev–Trinajstić information content (AvgIpc) is 3.32. The van der Waals surface area contributed by atoms with Gasteiger partial charge in [0, 0.05) is 12.1 Å². The minimum Gasteiger partial charge on any atom is -0.483 e. The summed E-state index contributed by atoms with van der Waals surface area (Å²) >= 11 is 1.16. The van der Waals surface area contributed by atoms with Crippen molar-refractivity contribution in [3.63, 3.8) is 0 Å². The number of imidazole rings is 1. The zero-order valence-corrected chi connectivity index (χ0v) is 18.7. The zero-order chi connectivity index (χ0) is 22.8. The van der Waals surface area contributed by atoms with Crippen LogP contribution in [0.5, 0.6) is 5.75 Å². The number of thiazole rings is 1. The topological polar surface area (TPSA) is 142 Å². The number of amides is 2. The van der Waals surface area contributed by atoms with Crippen LogP contribution in [-0.4, -0.2) is 50.8 Å². The second-order valence-electron chi connectivity index (χ2n) is 7.42. The fourth-order valence-corrected chi connectivity index (χ4v) is 4.41. The number of aliphatic hydroxyl groups excluding tert-OH is 1. The molecule has 0 spiro atoms. The summed E-state index contributed by atoms with van der Waals surface area (Å²) in [5.74, 6) is -0.132. The van der Waals surface area contributed by atoms with Crippen LogP contribution in [0.4, 0.5) is 5.95 Å². The number of nitrogens with two attached hydrogens (primary N) is 1. The SMILES string of the molecule is CCCn1c(NC(=O)c2sc(CO)nc2CC)nc2cc(C(N)=O)cc(OC3COC3)c21. The van der Waals surface area contributed by atoms with E-state index in [1.807, 2.05) is 18.4 Å². The van der Waals surface area contributed by atoms with Gasteiger partial charge in [-0.1, -0.05) is 13.8 Å². The average molecular weight is 460 g/mol. The van der Waals surface area contributed by atoms with Gasteiger partial charge in [-0.15, -0.1) is 11.3 Å². The van der Waals surface area contributed by atoms with E-state index in [0.29, 0.717) is 64.5 Å². The first kappa shape index (κ1) is 22.2. The van der Waals surface area contributed by atoms with E-state index in [4.69, 9.17) is 15.2 Å². The Balaban J connectivity index is 1.77. The molecule has 0 unspecified atom stereocenters. The molecular weight excluding hydrogens is 434 g/mol. The van der Waals surface area contributed by atoms with Gasteiger partial charge < -0.3 is 24.9 Å². The number of nitrogens with one attached hydrogen (secondary N) is 1. The number of hydrogen-bond donors (Lipinski definition) is 3. The number of carbonyl (C=O) groups excluding carboxylic acids is 2. The molecule has 2 aromatic heterocycles. The molecule has 1 fully saturated rings. The van der Waals surface area contributed by atoms with E-state index >= 15 is 0 Å². The highest BCUT2D eigenvalue weighted by molar-refractivity contribution is 7.13. The van der Waals surface area contributed by atoms with E-state index in [1.165, 1.54) is 0 Å². The minimum absolute atomic E-state index is 0.120. The maximum Gasteiger partial charge on any atom is 0.269 e. The van der Waals surface area contributed by atoms with Gasteiger partial charge in [0.2, 0.25) is 11.9 Å². The van der Waals surface area contributed by atoms with E-state index in [0.717, 1.165) is 17.8 Å². The molecule has 11 heteroatoms. The zero-order valence-electron chi connectivity index (χ0n) is 17.9. The Morgan fingerprint density at radius 2 is 2.12 bits per heavy atom. The van der Waals surface area contributed by atoms with Gasteiger partial charge in [-0.05, 0) is 25.0 Å². The number of fused-ring (bicyclic) bond motifs is 1. The van der Waals surface area contributed by atoms with Crippen LogP contribution in [0, 0.1) is 0 Å². The van der Waals surface area contributed by atoms with Crippen LogP contribution in [0.3, 0.4) is 0 Å². The summed E-state index contributed by atoms with van der Waals surface area (Å²) in [4.78, 5) is 34.2. The van der Waals surface area contributed by atoms with E-state index in [9.17, 15) is 14.7 Å². The Bertz CT molecular complexity index is 1170. The highest BCUT2D eigenvalue weighted by atomic mass is 32.1. The molecule has 0 atom stereocenters. The van der Waals surface area contributed by atoms with Crippen molar-refractivity contribution in [2.75, 3.05) is 18.5 Å². The molecule has 3 aromatic rings. The number of nitrogens with zero attached hydrogens (tertiary/aromatic N) is 3. The summed E-state index contributed by atoms with van der Waals surface area (Å²) in [5, 5.41) is 12.7. The normalized spacial score (nSPS) is 13.8. The van der Waals surface area contributed by atoms with E-state index in [-0.39, 0.29) is 24.2 Å². The lowest BCUT2D eigenvalue weighted by atomic mass is 10.1. The number of primary amides is 1. The Kier molecular flexibility index (Phi) is 6.40. The van der Waals surface area contributed by atoms with Crippen molar-refractivity contribution in [3.05, 3.63) is 33.3 Å². The van der Waals surface area contributed by atoms with Crippen LogP contribution in [0.25, 0.3) is 11.0 Å². The predicted molar refractivity (Wildman–Crippen MR) is 119 cm³/mol. The van der Waals surface area contributed by atoms with Crippen molar-refractivity contribution in [3.8, 4) is 5.75 Å². The summed E-state index contributed by atoms with van der Waals surface area (Å²) in [7, 11) is 0. The number of aryl methyl sites for hydroxylation is 2. The molecule has 0 radical (unpaired) electrons. The molecule has 4 N–H and O–H groups in total. The number of ether oxygens (including phenoxy) is 2. The van der Waals surface area contributed by atoms with Crippen LogP contribution in [-0.2, 0) is 24.3 Å². The second-order valence-corrected chi connectivity index (χ2v) is 8.50. The molecule has 3 heterocycles. The standard InChI is InChI=1S/C21H25N5O5S/c1-3-5-26-17-14(6-11(19(22)28)7-15(17)31-12-9-30-10-12)24-21(26)25-20(29)18-13(4-2)23-16(8-27)32-18/h6-7,12,27H,3-5,8-10H2,1-2H3,(H2,22,28)(H,24,25,29). The summed E-state index contributed by atoms with van der Waals surface area (Å²) < 4.78 is 13.1. The predicted octanol–water partition coefficient (Wildman–Crippen LogP) is 2.09. The molecule has 1 aliphatic heterocycles. The quantitative estimate of drug-likeness (QED) is 0.445. The van der Waals surface area contributed by atoms with Gasteiger partial charge >= 0.3 is 0 Å². The van der Waals surface area contributed by atoms with E-state index < -0.39 is 5.91 Å². The molecule has 32 heavy (non-hydrogen) atoms. The van der Waals surface area contributed by atoms with Gasteiger partial charge in [-0.2, -0.15) is 0 Å². The first-order chi connectivity index (χ1) is 15.4. The summed E-state index contributed by atoms with van der Waals surface area (Å²) in [6, 6.07) is 3.20. The van der Waals surface area contributed by atoms with Crippen molar-refractivity contribution >= 4 is 40.1 Å². The molecule has 0 saturated carbocycles. The number of rotatable bonds is 9. The van der Waals surface area contributed by atoms with Gasteiger partial charge in [0.1, 0.15) is 27.3 Å². The molecule has 0 bridgehead atoms. The third kappa shape index (κ3) is 4.18. The monoisotopic (exact) mass is 459 g/mol. The van der Waals surface area contributed by atoms with Crippen LogP contribution >= 0.6 is 11.3 Å². The fourth-order valence-electron chi connectivity index (χ4n) is 3.50. The van der Waals surface area contributed by atoms with Crippen LogP contribution in [0.15, 0.2) is 12.1 Å². The number of hydrogen-bond acceptors (Lipinski definition) is 8. The van der Waals surface area contributed by atoms with Crippen molar-refractivity contribution in [2.45, 2.75) is 45.9 Å². The first-order valence-corrected chi connectivity index (χ1v) is 11.3. The number of aliphatic hydroxyl groups is 1. The Hall–Kier alpha value is -3.02. The summed E-state index contributed by atoms with van der Waals surface area (Å²) in [6.45, 7) is 5.20. The molecule has 1 aromatic carbocycles. The molecule has 2 amide bonds. The minimum atomic E-state index is -0.592. The lowest BCUT2D eigenvalue weighted by molar-refractivity contribution is -0.0792. The summed E-state index contributed by atoms with van der Waals surface area (Å²) in [6.07, 6.45) is 1.23. The molecule has 0 aliphatic carbocycles. The third-order valence-electron chi connectivity index (χ3n) is 5.08. The van der Waals surface area contributed by atoms with Gasteiger partial charge in [-0.25, -0.2) is 9.97 Å². The molecule has 1 aliphatic rings. The summed E-state index contributed by atoms with van der Waals surface area (Å²) in [5.41, 5.74) is 7.58. The second kappa shape index (κ2) is 9.23. The van der Waals surface area contributed by atoms with Crippen molar-refractivity contribution < 1.29 is 24.2 Å². The largest absolute Gasteiger partial charge is 0.483 e. The number of aromatic nitrogens is 3. The van der Waals surface area contributed by atoms with Crippen LogP contribution in [0.2, 0.25) is 0 Å². The maximum atomic E-state index is 13.1.